The van der Waals surface area contributed by atoms with Crippen molar-refractivity contribution in [3.05, 3.63) is 83.6 Å². The fourth-order valence-electron chi connectivity index (χ4n) is 5.96. The number of ether oxygens (including phenoxy) is 2. The van der Waals surface area contributed by atoms with Gasteiger partial charge in [0.1, 0.15) is 41.9 Å². The lowest BCUT2D eigenvalue weighted by atomic mass is 9.89. The summed E-state index contributed by atoms with van der Waals surface area (Å²) in [6.45, 7) is 1.34. The normalized spacial score (nSPS) is 21.9. The number of thiazole rings is 1. The number of hydrogen-bond acceptors (Lipinski definition) is 10. The van der Waals surface area contributed by atoms with Gasteiger partial charge in [0.2, 0.25) is 17.7 Å². The second-order valence-corrected chi connectivity index (χ2v) is 13.3. The van der Waals surface area contributed by atoms with Gasteiger partial charge in [0.05, 0.1) is 13.2 Å². The standard InChI is InChI=1S/C35H39N7O8S/c1-22-29(44)36-13-17-49-24-7-9-25(10-8-24)50-35(11-14-41(15-12-35)32(47)27-20-42-16-18-51-34(42)40-27)33(48)39-26(19-23-5-3-2-4-6-23)30(45)38-28(21-43)31(46)37-22/h2-10,16,18,20,22,26,28,43H,11-15,17,19,21H2,1H3,(H,36,44)(H,37,46)(H,38,45)(H,39,48)/t22-,26+,28-/m0/s1. The molecule has 5 heterocycles. The molecule has 2 aromatic heterocycles. The summed E-state index contributed by atoms with van der Waals surface area (Å²) in [4.78, 5) is 74.1. The van der Waals surface area contributed by atoms with Crippen molar-refractivity contribution in [3.8, 4) is 11.5 Å². The monoisotopic (exact) mass is 717 g/mol. The molecule has 51 heavy (non-hydrogen) atoms. The topological polar surface area (TPSA) is 193 Å². The van der Waals surface area contributed by atoms with Crippen LogP contribution >= 0.6 is 11.3 Å². The van der Waals surface area contributed by atoms with Gasteiger partial charge in [-0.05, 0) is 36.8 Å². The fourth-order valence-corrected chi connectivity index (χ4v) is 6.66. The van der Waals surface area contributed by atoms with Crippen LogP contribution in [0.3, 0.4) is 0 Å². The van der Waals surface area contributed by atoms with Gasteiger partial charge in [-0.25, -0.2) is 4.98 Å². The molecule has 3 aliphatic heterocycles. The zero-order valence-corrected chi connectivity index (χ0v) is 28.7. The number of aromatic nitrogens is 2. The largest absolute Gasteiger partial charge is 0.492 e. The zero-order valence-electron chi connectivity index (χ0n) is 27.9. The highest BCUT2D eigenvalue weighted by Crippen LogP contribution is 2.31. The number of rotatable bonds is 4. The molecule has 7 rings (SSSR count). The minimum Gasteiger partial charge on any atom is -0.492 e. The highest BCUT2D eigenvalue weighted by Gasteiger charge is 2.46. The van der Waals surface area contributed by atoms with E-state index >= 15 is 0 Å². The Bertz CT molecular complexity index is 1840. The number of aliphatic hydroxyl groups excluding tert-OH is 1. The molecule has 4 aromatic rings. The van der Waals surface area contributed by atoms with Crippen LogP contribution in [0.15, 0.2) is 72.4 Å². The number of aliphatic hydroxyl groups is 1. The van der Waals surface area contributed by atoms with E-state index in [1.807, 2.05) is 17.6 Å². The van der Waals surface area contributed by atoms with Crippen LogP contribution in [0.2, 0.25) is 0 Å². The molecule has 1 fully saturated rings. The van der Waals surface area contributed by atoms with Crippen LogP contribution in [-0.2, 0) is 25.6 Å². The molecule has 1 spiro atoms. The van der Waals surface area contributed by atoms with Crippen LogP contribution in [-0.4, -0.2) is 106 Å². The third-order valence-corrected chi connectivity index (χ3v) is 9.63. The minimum atomic E-state index is -1.49. The molecule has 0 unspecified atom stereocenters. The summed E-state index contributed by atoms with van der Waals surface area (Å²) >= 11 is 1.42. The number of likely N-dealkylation sites (tertiary alicyclic amines) is 1. The number of amides is 5. The van der Waals surface area contributed by atoms with Gasteiger partial charge >= 0.3 is 0 Å². The second kappa shape index (κ2) is 15.6. The van der Waals surface area contributed by atoms with Crippen molar-refractivity contribution < 1.29 is 38.6 Å². The van der Waals surface area contributed by atoms with Gasteiger partial charge in [0, 0.05) is 50.1 Å². The van der Waals surface area contributed by atoms with E-state index in [4.69, 9.17) is 9.47 Å². The lowest BCUT2D eigenvalue weighted by Crippen LogP contribution is -2.62. The summed E-state index contributed by atoms with van der Waals surface area (Å²) in [6.07, 6.45) is 3.76. The number of benzene rings is 2. The number of carbonyl (C=O) groups is 5. The predicted molar refractivity (Wildman–Crippen MR) is 185 cm³/mol. The number of nitrogens with one attached hydrogen (secondary N) is 4. The molecule has 15 nitrogen and oxygen atoms in total. The molecule has 0 aliphatic carbocycles. The Morgan fingerprint density at radius 3 is 2.35 bits per heavy atom. The first kappa shape index (κ1) is 35.3. The van der Waals surface area contributed by atoms with Gasteiger partial charge in [0.25, 0.3) is 11.8 Å². The Labute approximate surface area is 297 Å². The van der Waals surface area contributed by atoms with Crippen LogP contribution in [0.1, 0.15) is 35.8 Å². The zero-order chi connectivity index (χ0) is 36.0. The van der Waals surface area contributed by atoms with E-state index in [9.17, 15) is 29.1 Å². The first-order chi connectivity index (χ1) is 24.6. The lowest BCUT2D eigenvalue weighted by Gasteiger charge is -2.41. The summed E-state index contributed by atoms with van der Waals surface area (Å²) in [5.41, 5.74) is -0.461. The third-order valence-electron chi connectivity index (χ3n) is 8.86. The van der Waals surface area contributed by atoms with Gasteiger partial charge in [-0.2, -0.15) is 0 Å². The maximum atomic E-state index is 14.4. The average Bonchev–Trinajstić information content (AvgIpc) is 3.76. The highest BCUT2D eigenvalue weighted by molar-refractivity contribution is 7.15. The second-order valence-electron chi connectivity index (χ2n) is 12.4. The van der Waals surface area contributed by atoms with Crippen LogP contribution < -0.4 is 30.7 Å². The molecule has 0 saturated carbocycles. The molecule has 1 saturated heterocycles. The van der Waals surface area contributed by atoms with Crippen LogP contribution in [0.4, 0.5) is 0 Å². The molecule has 5 amide bonds. The quantitative estimate of drug-likeness (QED) is 0.189. The Kier molecular flexibility index (Phi) is 10.8. The summed E-state index contributed by atoms with van der Waals surface area (Å²) in [6, 6.07) is 12.1. The molecule has 2 aromatic carbocycles. The smallest absolute Gasteiger partial charge is 0.274 e. The lowest BCUT2D eigenvalue weighted by molar-refractivity contribution is -0.144. The van der Waals surface area contributed by atoms with Crippen molar-refractivity contribution in [1.82, 2.24) is 35.6 Å². The maximum Gasteiger partial charge on any atom is 0.274 e. The number of carbonyl (C=O) groups excluding carboxylic acids is 5. The number of nitrogens with zero attached hydrogens (tertiary/aromatic N) is 3. The van der Waals surface area contributed by atoms with Gasteiger partial charge in [-0.1, -0.05) is 30.3 Å². The Balaban J connectivity index is 1.29. The van der Waals surface area contributed by atoms with Crippen molar-refractivity contribution >= 4 is 45.8 Å². The van der Waals surface area contributed by atoms with Crippen LogP contribution in [0, 0.1) is 0 Å². The third kappa shape index (κ3) is 8.29. The molecule has 3 aliphatic rings. The van der Waals surface area contributed by atoms with E-state index in [0.29, 0.717) is 22.2 Å². The number of fused-ring (bicyclic) bond motifs is 16. The molecule has 268 valence electrons. The van der Waals surface area contributed by atoms with Crippen LogP contribution in [0.25, 0.3) is 4.96 Å². The summed E-state index contributed by atoms with van der Waals surface area (Å²) < 4.78 is 14.0. The Hall–Kier alpha value is -5.48. The van der Waals surface area contributed by atoms with Crippen LogP contribution in [0.5, 0.6) is 11.5 Å². The summed E-state index contributed by atoms with van der Waals surface area (Å²) in [7, 11) is 0. The van der Waals surface area contributed by atoms with Gasteiger partial charge in [-0.15, -0.1) is 11.3 Å². The highest BCUT2D eigenvalue weighted by atomic mass is 32.1. The summed E-state index contributed by atoms with van der Waals surface area (Å²) in [5.74, 6) is -1.98. The SMILES string of the molecule is C[C@@H]1NC(=O)[C@H](CO)NC(=O)[C@@H](Cc2ccccc2)NC(=O)C2(CCN(C(=O)c3cn4ccsc4n3)CC2)Oc2ccc(cc2)OCCNC1=O. The molecule has 16 heteroatoms. The number of hydrogen-bond donors (Lipinski definition) is 5. The van der Waals surface area contributed by atoms with Crippen molar-refractivity contribution in [2.24, 2.45) is 0 Å². The molecule has 0 radical (unpaired) electrons. The van der Waals surface area contributed by atoms with E-state index in [1.165, 1.54) is 18.3 Å². The fraction of sp³-hybridized carbons (Fsp3) is 0.371. The number of imidazole rings is 1. The van der Waals surface area contributed by atoms with Crippen molar-refractivity contribution in [2.75, 3.05) is 32.8 Å². The molecule has 5 N–H and O–H groups in total. The first-order valence-corrected chi connectivity index (χ1v) is 17.5. The Morgan fingerprint density at radius 2 is 1.65 bits per heavy atom. The van der Waals surface area contributed by atoms with Gasteiger partial charge in [0.15, 0.2) is 10.6 Å². The molecule has 3 atom stereocenters. The van der Waals surface area contributed by atoms with Crippen molar-refractivity contribution in [3.63, 3.8) is 0 Å². The van der Waals surface area contributed by atoms with E-state index < -0.39 is 54.0 Å². The maximum absolute atomic E-state index is 14.4. The van der Waals surface area contributed by atoms with E-state index in [2.05, 4.69) is 26.3 Å². The summed E-state index contributed by atoms with van der Waals surface area (Å²) in [5, 5.41) is 22.5. The van der Waals surface area contributed by atoms with Gasteiger partial charge in [-0.3, -0.25) is 28.4 Å². The van der Waals surface area contributed by atoms with E-state index in [0.717, 1.165) is 5.56 Å². The van der Waals surface area contributed by atoms with E-state index in [1.54, 1.807) is 64.0 Å². The first-order valence-electron chi connectivity index (χ1n) is 16.6. The molecular weight excluding hydrogens is 678 g/mol. The predicted octanol–water partition coefficient (Wildman–Crippen LogP) is 0.668. The van der Waals surface area contributed by atoms with E-state index in [-0.39, 0.29) is 51.4 Å². The molecule has 2 bridgehead atoms. The molecular formula is C35H39N7O8S. The van der Waals surface area contributed by atoms with Crippen molar-refractivity contribution in [1.29, 1.82) is 0 Å². The Morgan fingerprint density at radius 1 is 0.941 bits per heavy atom. The minimum absolute atomic E-state index is 0.0567. The number of piperidine rings is 1. The van der Waals surface area contributed by atoms with Gasteiger partial charge < -0.3 is 40.7 Å². The van der Waals surface area contributed by atoms with Crippen molar-refractivity contribution in [2.45, 2.75) is 49.9 Å². The average molecular weight is 718 g/mol.